The van der Waals surface area contributed by atoms with Crippen LogP contribution in [-0.2, 0) is 17.9 Å². The number of hydrogen-bond donors (Lipinski definition) is 1. The molecule has 0 radical (unpaired) electrons. The Labute approximate surface area is 123 Å². The van der Waals surface area contributed by atoms with Gasteiger partial charge in [-0.2, -0.15) is 4.37 Å². The van der Waals surface area contributed by atoms with Gasteiger partial charge in [-0.25, -0.2) is 4.98 Å². The fourth-order valence-electron chi connectivity index (χ4n) is 1.65. The number of nitrogens with one attached hydrogen (secondary N) is 1. The summed E-state index contributed by atoms with van der Waals surface area (Å²) in [7, 11) is 1.63. The van der Waals surface area contributed by atoms with Crippen molar-refractivity contribution in [3.05, 3.63) is 35.7 Å². The summed E-state index contributed by atoms with van der Waals surface area (Å²) in [4.78, 5) is 4.32. The van der Waals surface area contributed by atoms with E-state index >= 15 is 0 Å². The lowest BCUT2D eigenvalue weighted by Crippen LogP contribution is -2.05. The van der Waals surface area contributed by atoms with Crippen LogP contribution in [0.3, 0.4) is 0 Å². The fourth-order valence-corrected chi connectivity index (χ4v) is 2.22. The van der Waals surface area contributed by atoms with E-state index in [0.29, 0.717) is 19.0 Å². The zero-order chi connectivity index (χ0) is 14.4. The van der Waals surface area contributed by atoms with E-state index in [4.69, 9.17) is 9.47 Å². The Morgan fingerprint density at radius 1 is 1.25 bits per heavy atom. The zero-order valence-electron chi connectivity index (χ0n) is 11.9. The van der Waals surface area contributed by atoms with E-state index in [0.717, 1.165) is 10.9 Å². The minimum absolute atomic E-state index is 0.194. The van der Waals surface area contributed by atoms with Crippen molar-refractivity contribution in [1.29, 1.82) is 0 Å². The highest BCUT2D eigenvalue weighted by molar-refractivity contribution is 7.09. The summed E-state index contributed by atoms with van der Waals surface area (Å²) in [6.45, 7) is 5.19. The molecule has 1 aromatic heterocycles. The van der Waals surface area contributed by atoms with Crippen LogP contribution in [0, 0.1) is 0 Å². The Kier molecular flexibility index (Phi) is 5.31. The van der Waals surface area contributed by atoms with Gasteiger partial charge in [-0.15, -0.1) is 0 Å². The Morgan fingerprint density at radius 2 is 2.00 bits per heavy atom. The van der Waals surface area contributed by atoms with E-state index in [9.17, 15) is 0 Å². The largest absolute Gasteiger partial charge is 0.491 e. The lowest BCUT2D eigenvalue weighted by Gasteiger charge is -2.10. The molecule has 6 heteroatoms. The third kappa shape index (κ3) is 4.47. The molecule has 0 saturated heterocycles. The Balaban J connectivity index is 1.86. The topological polar surface area (TPSA) is 56.3 Å². The van der Waals surface area contributed by atoms with E-state index in [2.05, 4.69) is 14.7 Å². The molecule has 2 rings (SSSR count). The number of hydrogen-bond acceptors (Lipinski definition) is 6. The molecule has 20 heavy (non-hydrogen) atoms. The number of ether oxygens (including phenoxy) is 2. The molecule has 0 bridgehead atoms. The lowest BCUT2D eigenvalue weighted by atomic mass is 10.2. The van der Waals surface area contributed by atoms with E-state index in [1.54, 1.807) is 7.11 Å². The number of benzene rings is 1. The first-order valence-electron chi connectivity index (χ1n) is 6.48. The molecule has 0 aliphatic carbocycles. The van der Waals surface area contributed by atoms with E-state index in [1.807, 2.05) is 38.1 Å². The molecule has 5 nitrogen and oxygen atoms in total. The number of anilines is 1. The zero-order valence-corrected chi connectivity index (χ0v) is 12.7. The maximum atomic E-state index is 5.61. The molecule has 0 aliphatic rings. The molecule has 0 aliphatic heterocycles. The van der Waals surface area contributed by atoms with Crippen LogP contribution in [0.15, 0.2) is 24.3 Å². The molecule has 1 aromatic carbocycles. The van der Waals surface area contributed by atoms with Crippen LogP contribution in [0.25, 0.3) is 0 Å². The molecule has 1 heterocycles. The van der Waals surface area contributed by atoms with E-state index in [1.165, 1.54) is 17.1 Å². The highest BCUT2D eigenvalue weighted by atomic mass is 32.1. The van der Waals surface area contributed by atoms with E-state index in [-0.39, 0.29) is 6.10 Å². The van der Waals surface area contributed by atoms with Crippen LogP contribution < -0.4 is 10.1 Å². The number of aromatic nitrogens is 2. The van der Waals surface area contributed by atoms with Crippen molar-refractivity contribution in [2.75, 3.05) is 12.4 Å². The van der Waals surface area contributed by atoms with Crippen molar-refractivity contribution in [2.24, 2.45) is 0 Å². The molecule has 0 fully saturated rings. The first kappa shape index (κ1) is 14.7. The van der Waals surface area contributed by atoms with Gasteiger partial charge < -0.3 is 14.8 Å². The summed E-state index contributed by atoms with van der Waals surface area (Å²) in [5.41, 5.74) is 1.17. The highest BCUT2D eigenvalue weighted by Gasteiger charge is 2.03. The molecule has 2 aromatic rings. The normalized spacial score (nSPS) is 10.8. The third-order valence-corrected chi connectivity index (χ3v) is 3.19. The second-order valence-corrected chi connectivity index (χ2v) is 5.36. The minimum atomic E-state index is 0.194. The lowest BCUT2D eigenvalue weighted by molar-refractivity contribution is 0.179. The first-order chi connectivity index (χ1) is 9.67. The van der Waals surface area contributed by atoms with Gasteiger partial charge in [-0.1, -0.05) is 12.1 Å². The smallest absolute Gasteiger partial charge is 0.202 e. The molecule has 1 N–H and O–H groups in total. The third-order valence-electron chi connectivity index (χ3n) is 2.48. The molecule has 108 valence electrons. The second kappa shape index (κ2) is 7.21. The molecular weight excluding hydrogens is 274 g/mol. The van der Waals surface area contributed by atoms with Crippen LogP contribution in [-0.4, -0.2) is 22.6 Å². The maximum absolute atomic E-state index is 5.61. The molecule has 0 unspecified atom stereocenters. The van der Waals surface area contributed by atoms with Gasteiger partial charge in [0.2, 0.25) is 5.13 Å². The minimum Gasteiger partial charge on any atom is -0.491 e. The summed E-state index contributed by atoms with van der Waals surface area (Å²) in [5, 5.41) is 4.05. The molecule has 0 atom stereocenters. The highest BCUT2D eigenvalue weighted by Crippen LogP contribution is 2.16. The number of rotatable bonds is 7. The van der Waals surface area contributed by atoms with Crippen molar-refractivity contribution in [3.63, 3.8) is 0 Å². The molecular formula is C14H19N3O2S. The Hall–Kier alpha value is -1.66. The van der Waals surface area contributed by atoms with Crippen LogP contribution in [0.4, 0.5) is 5.13 Å². The van der Waals surface area contributed by atoms with Crippen molar-refractivity contribution in [2.45, 2.75) is 33.1 Å². The van der Waals surface area contributed by atoms with Gasteiger partial charge in [0, 0.05) is 25.2 Å². The van der Waals surface area contributed by atoms with Crippen LogP contribution >= 0.6 is 11.5 Å². The summed E-state index contributed by atoms with van der Waals surface area (Å²) >= 11 is 1.34. The average molecular weight is 293 g/mol. The standard InChI is InChI=1S/C14H19N3O2S/c1-10(2)19-12-6-4-11(5-7-12)8-15-14-16-13(9-18-3)17-20-14/h4-7,10H,8-9H2,1-3H3,(H,15,16,17). The van der Waals surface area contributed by atoms with Gasteiger partial charge in [0.25, 0.3) is 0 Å². The number of nitrogens with zero attached hydrogens (tertiary/aromatic N) is 2. The van der Waals surface area contributed by atoms with Crippen molar-refractivity contribution < 1.29 is 9.47 Å². The van der Waals surface area contributed by atoms with Gasteiger partial charge >= 0.3 is 0 Å². The maximum Gasteiger partial charge on any atom is 0.202 e. The molecule has 0 saturated carbocycles. The van der Waals surface area contributed by atoms with Gasteiger partial charge in [0.05, 0.1) is 6.10 Å². The number of methoxy groups -OCH3 is 1. The van der Waals surface area contributed by atoms with E-state index < -0.39 is 0 Å². The first-order valence-corrected chi connectivity index (χ1v) is 7.25. The summed E-state index contributed by atoms with van der Waals surface area (Å²) < 4.78 is 14.8. The van der Waals surface area contributed by atoms with Crippen molar-refractivity contribution in [3.8, 4) is 5.75 Å². The second-order valence-electron chi connectivity index (χ2n) is 4.61. The fraction of sp³-hybridized carbons (Fsp3) is 0.429. The summed E-state index contributed by atoms with van der Waals surface area (Å²) in [6.07, 6.45) is 0.194. The molecule has 0 spiro atoms. The van der Waals surface area contributed by atoms with Crippen LogP contribution in [0.5, 0.6) is 5.75 Å². The van der Waals surface area contributed by atoms with Gasteiger partial charge in [-0.05, 0) is 31.5 Å². The van der Waals surface area contributed by atoms with Gasteiger partial charge in [-0.3, -0.25) is 0 Å². The van der Waals surface area contributed by atoms with Crippen molar-refractivity contribution in [1.82, 2.24) is 9.36 Å². The van der Waals surface area contributed by atoms with Gasteiger partial charge in [0.15, 0.2) is 5.82 Å². The van der Waals surface area contributed by atoms with Crippen molar-refractivity contribution >= 4 is 16.7 Å². The van der Waals surface area contributed by atoms with Crippen LogP contribution in [0.2, 0.25) is 0 Å². The predicted molar refractivity (Wildman–Crippen MR) is 80.2 cm³/mol. The summed E-state index contributed by atoms with van der Waals surface area (Å²) in [5.74, 6) is 1.60. The molecule has 0 amide bonds. The van der Waals surface area contributed by atoms with Crippen LogP contribution in [0.1, 0.15) is 25.2 Å². The average Bonchev–Trinajstić information content (AvgIpc) is 2.86. The SMILES string of the molecule is COCc1nsc(NCc2ccc(OC(C)C)cc2)n1. The monoisotopic (exact) mass is 293 g/mol. The Bertz CT molecular complexity index is 525. The summed E-state index contributed by atoms with van der Waals surface area (Å²) in [6, 6.07) is 8.05. The Morgan fingerprint density at radius 3 is 2.65 bits per heavy atom. The van der Waals surface area contributed by atoms with Gasteiger partial charge in [0.1, 0.15) is 12.4 Å². The quantitative estimate of drug-likeness (QED) is 0.850. The predicted octanol–water partition coefficient (Wildman–Crippen LogP) is 3.08.